The van der Waals surface area contributed by atoms with Crippen LogP contribution in [0.1, 0.15) is 6.92 Å². The number of rotatable bonds is 3. The van der Waals surface area contributed by atoms with Crippen LogP contribution >= 0.6 is 0 Å². The van der Waals surface area contributed by atoms with Gasteiger partial charge >= 0.3 is 0 Å². The zero-order valence-electron chi connectivity index (χ0n) is 5.90. The van der Waals surface area contributed by atoms with Crippen LogP contribution in [-0.2, 0) is 4.43 Å². The van der Waals surface area contributed by atoms with Crippen LogP contribution in [0.5, 0.6) is 0 Å². The van der Waals surface area contributed by atoms with Gasteiger partial charge in [-0.3, -0.25) is 0 Å². The molecule has 0 fully saturated rings. The van der Waals surface area contributed by atoms with E-state index in [9.17, 15) is 0 Å². The largest absolute Gasteiger partial charge is 0.416 e. The van der Waals surface area contributed by atoms with Gasteiger partial charge in [-0.2, -0.15) is 0 Å². The molecule has 1 nitrogen and oxygen atoms in total. The summed E-state index contributed by atoms with van der Waals surface area (Å²) in [6.45, 7) is 8.00. The predicted octanol–water partition coefficient (Wildman–Crippen LogP) is 1.95. The molecule has 8 heavy (non-hydrogen) atoms. The van der Waals surface area contributed by atoms with E-state index in [1.54, 1.807) is 7.11 Å². The Bertz CT molecular complexity index is 76.6. The predicted molar refractivity (Wildman–Crippen MR) is 39.3 cm³/mol. The summed E-state index contributed by atoms with van der Waals surface area (Å²) >= 11 is 0. The summed E-state index contributed by atoms with van der Waals surface area (Å²) < 4.78 is 5.26. The Morgan fingerprint density at radius 1 is 1.75 bits per heavy atom. The molecule has 0 aromatic heterocycles. The molecule has 0 aromatic carbocycles. The molecule has 0 aliphatic rings. The van der Waals surface area contributed by atoms with Crippen molar-refractivity contribution in [1.29, 1.82) is 0 Å². The van der Waals surface area contributed by atoms with Gasteiger partial charge in [-0.1, -0.05) is 12.6 Å². The van der Waals surface area contributed by atoms with E-state index < -0.39 is 8.32 Å². The van der Waals surface area contributed by atoms with Crippen LogP contribution in [0.2, 0.25) is 12.6 Å². The first-order valence-corrected chi connectivity index (χ1v) is 5.56. The maximum atomic E-state index is 5.26. The Balaban J connectivity index is 3.76. The van der Waals surface area contributed by atoms with E-state index in [0.717, 1.165) is 6.04 Å². The van der Waals surface area contributed by atoms with Gasteiger partial charge in [0.25, 0.3) is 0 Å². The van der Waals surface area contributed by atoms with Crippen LogP contribution < -0.4 is 0 Å². The van der Waals surface area contributed by atoms with Crippen molar-refractivity contribution in [3.8, 4) is 0 Å². The molecule has 0 heterocycles. The van der Waals surface area contributed by atoms with E-state index in [1.165, 1.54) is 0 Å². The average molecular weight is 130 g/mol. The molecule has 0 bridgehead atoms. The van der Waals surface area contributed by atoms with Crippen LogP contribution in [0, 0.1) is 0 Å². The monoisotopic (exact) mass is 130 g/mol. The second-order valence-corrected chi connectivity index (χ2v) is 6.22. The minimum absolute atomic E-state index is 1.12. The zero-order valence-corrected chi connectivity index (χ0v) is 6.90. The standard InChI is InChI=1S/C6H14OSi/c1-5-8(4,6-2)7-3/h5H,1,6H2,2-4H3. The molecule has 0 aliphatic carbocycles. The fourth-order valence-corrected chi connectivity index (χ4v) is 1.12. The highest BCUT2D eigenvalue weighted by Gasteiger charge is 2.19. The van der Waals surface area contributed by atoms with Gasteiger partial charge in [-0.15, -0.1) is 6.58 Å². The lowest BCUT2D eigenvalue weighted by atomic mass is 11.0. The molecule has 0 amide bonds. The van der Waals surface area contributed by atoms with Gasteiger partial charge < -0.3 is 4.43 Å². The van der Waals surface area contributed by atoms with E-state index in [1.807, 2.05) is 5.70 Å². The fraction of sp³-hybridized carbons (Fsp3) is 0.667. The van der Waals surface area contributed by atoms with Gasteiger partial charge in [0.05, 0.1) is 0 Å². The van der Waals surface area contributed by atoms with Gasteiger partial charge in [0.15, 0.2) is 0 Å². The molecule has 0 saturated heterocycles. The fourth-order valence-electron chi connectivity index (χ4n) is 0.372. The minimum Gasteiger partial charge on any atom is -0.416 e. The van der Waals surface area contributed by atoms with Gasteiger partial charge in [0, 0.05) is 7.11 Å². The van der Waals surface area contributed by atoms with Crippen molar-refractivity contribution in [3.63, 3.8) is 0 Å². The van der Waals surface area contributed by atoms with Gasteiger partial charge in [-0.25, -0.2) is 0 Å². The average Bonchev–Trinajstić information content (AvgIpc) is 1.87. The molecule has 0 aliphatic heterocycles. The summed E-state index contributed by atoms with van der Waals surface area (Å²) in [6, 6.07) is 1.12. The third-order valence-corrected chi connectivity index (χ3v) is 4.80. The lowest BCUT2D eigenvalue weighted by Crippen LogP contribution is -2.28. The molecule has 2 heteroatoms. The molecule has 0 N–H and O–H groups in total. The summed E-state index contributed by atoms with van der Waals surface area (Å²) in [4.78, 5) is 0. The van der Waals surface area contributed by atoms with E-state index in [0.29, 0.717) is 0 Å². The van der Waals surface area contributed by atoms with E-state index in [-0.39, 0.29) is 0 Å². The first-order valence-electron chi connectivity index (χ1n) is 2.87. The summed E-state index contributed by atoms with van der Waals surface area (Å²) in [6.07, 6.45) is 0. The maximum Gasteiger partial charge on any atom is 0.212 e. The first kappa shape index (κ1) is 7.92. The summed E-state index contributed by atoms with van der Waals surface area (Å²) in [5, 5.41) is 0. The Hall–Kier alpha value is -0.0831. The summed E-state index contributed by atoms with van der Waals surface area (Å²) in [5.41, 5.74) is 1.97. The SMILES string of the molecule is C=C[Si](C)(CC)OC. The topological polar surface area (TPSA) is 9.23 Å². The van der Waals surface area contributed by atoms with Crippen molar-refractivity contribution in [2.75, 3.05) is 7.11 Å². The summed E-state index contributed by atoms with van der Waals surface area (Å²) in [7, 11) is 0.354. The van der Waals surface area contributed by atoms with Crippen molar-refractivity contribution >= 4 is 8.32 Å². The van der Waals surface area contributed by atoms with Gasteiger partial charge in [0.2, 0.25) is 8.32 Å². The van der Waals surface area contributed by atoms with Crippen LogP contribution in [0.25, 0.3) is 0 Å². The second-order valence-electron chi connectivity index (χ2n) is 2.07. The zero-order chi connectivity index (χ0) is 6.62. The van der Waals surface area contributed by atoms with E-state index in [4.69, 9.17) is 4.43 Å². The summed E-state index contributed by atoms with van der Waals surface area (Å²) in [5.74, 6) is 0. The van der Waals surface area contributed by atoms with Crippen molar-refractivity contribution in [2.24, 2.45) is 0 Å². The van der Waals surface area contributed by atoms with Crippen LogP contribution in [0.15, 0.2) is 12.3 Å². The van der Waals surface area contributed by atoms with Gasteiger partial charge in [0.1, 0.15) is 0 Å². The number of hydrogen-bond donors (Lipinski definition) is 0. The maximum absolute atomic E-state index is 5.26. The molecule has 0 aromatic rings. The van der Waals surface area contributed by atoms with Crippen molar-refractivity contribution in [3.05, 3.63) is 12.3 Å². The molecule has 0 rings (SSSR count). The van der Waals surface area contributed by atoms with Crippen molar-refractivity contribution in [1.82, 2.24) is 0 Å². The molecular weight excluding hydrogens is 116 g/mol. The normalized spacial score (nSPS) is 17.4. The molecular formula is C6H14OSi. The lowest BCUT2D eigenvalue weighted by molar-refractivity contribution is 0.410. The Morgan fingerprint density at radius 2 is 2.25 bits per heavy atom. The highest BCUT2D eigenvalue weighted by Crippen LogP contribution is 2.08. The van der Waals surface area contributed by atoms with Crippen molar-refractivity contribution < 1.29 is 4.43 Å². The third-order valence-electron chi connectivity index (χ3n) is 1.60. The molecule has 48 valence electrons. The van der Waals surface area contributed by atoms with E-state index in [2.05, 4.69) is 20.0 Å². The van der Waals surface area contributed by atoms with Crippen LogP contribution in [0.4, 0.5) is 0 Å². The Labute approximate surface area is 52.5 Å². The van der Waals surface area contributed by atoms with E-state index >= 15 is 0 Å². The minimum atomic E-state index is -1.41. The first-order chi connectivity index (χ1) is 3.68. The molecule has 0 saturated carbocycles. The molecule has 0 radical (unpaired) electrons. The Morgan fingerprint density at radius 3 is 2.25 bits per heavy atom. The second kappa shape index (κ2) is 3.05. The quantitative estimate of drug-likeness (QED) is 0.531. The molecule has 1 unspecified atom stereocenters. The molecule has 1 atom stereocenters. The lowest BCUT2D eigenvalue weighted by Gasteiger charge is -2.17. The third kappa shape index (κ3) is 1.80. The number of hydrogen-bond acceptors (Lipinski definition) is 1. The Kier molecular flexibility index (Phi) is 3.01. The van der Waals surface area contributed by atoms with Crippen LogP contribution in [0.3, 0.4) is 0 Å². The van der Waals surface area contributed by atoms with Crippen molar-refractivity contribution in [2.45, 2.75) is 19.5 Å². The highest BCUT2D eigenvalue weighted by atomic mass is 28.4. The van der Waals surface area contributed by atoms with Gasteiger partial charge in [-0.05, 0) is 12.6 Å². The highest BCUT2D eigenvalue weighted by molar-refractivity contribution is 6.77. The molecule has 0 spiro atoms. The van der Waals surface area contributed by atoms with Crippen LogP contribution in [-0.4, -0.2) is 15.4 Å². The smallest absolute Gasteiger partial charge is 0.212 e.